The highest BCUT2D eigenvalue weighted by Gasteiger charge is 2.59. The lowest BCUT2D eigenvalue weighted by molar-refractivity contribution is -0.162. The highest BCUT2D eigenvalue weighted by atomic mass is 35.5. The van der Waals surface area contributed by atoms with Gasteiger partial charge in [-0.05, 0) is 55.2 Å². The number of rotatable bonds is 8. The van der Waals surface area contributed by atoms with Crippen LogP contribution in [-0.2, 0) is 34.0 Å². The molecular weight excluding hydrogens is 448 g/mol. The maximum atomic E-state index is 13.5. The van der Waals surface area contributed by atoms with Gasteiger partial charge in [0.1, 0.15) is 6.61 Å². The smallest absolute Gasteiger partial charge is 0.465 e. The van der Waals surface area contributed by atoms with Crippen LogP contribution in [0.25, 0.3) is 5.57 Å². The zero-order valence-corrected chi connectivity index (χ0v) is 19.4. The number of fused-ring (bicyclic) bond motifs is 1. The Bertz CT molecular complexity index is 1050. The van der Waals surface area contributed by atoms with Crippen LogP contribution in [0.4, 0.5) is 4.79 Å². The van der Waals surface area contributed by atoms with Crippen LogP contribution < -0.4 is 0 Å². The number of halogens is 1. The molecule has 0 aliphatic heterocycles. The van der Waals surface area contributed by atoms with Crippen molar-refractivity contribution >= 4 is 35.3 Å². The summed E-state index contributed by atoms with van der Waals surface area (Å²) >= 11 is 6.08. The van der Waals surface area contributed by atoms with Gasteiger partial charge >= 0.3 is 18.1 Å². The van der Waals surface area contributed by atoms with Crippen molar-refractivity contribution in [1.82, 2.24) is 0 Å². The molecule has 174 valence electrons. The van der Waals surface area contributed by atoms with E-state index in [1.54, 1.807) is 69.3 Å². The summed E-state index contributed by atoms with van der Waals surface area (Å²) in [5.41, 5.74) is 0.565. The van der Waals surface area contributed by atoms with E-state index in [1.807, 2.05) is 0 Å². The Balaban J connectivity index is 2.33. The molecule has 0 fully saturated rings. The van der Waals surface area contributed by atoms with E-state index in [4.69, 9.17) is 30.5 Å². The first-order valence-electron chi connectivity index (χ1n) is 10.6. The zero-order chi connectivity index (χ0) is 24.0. The number of ether oxygens (including phenoxy) is 4. The highest BCUT2D eigenvalue weighted by molar-refractivity contribution is 6.30. The zero-order valence-electron chi connectivity index (χ0n) is 18.7. The monoisotopic (exact) mass is 472 g/mol. The third-order valence-corrected chi connectivity index (χ3v) is 5.50. The largest absolute Gasteiger partial charge is 0.508 e. The van der Waals surface area contributed by atoms with Gasteiger partial charge in [0.25, 0.3) is 0 Å². The highest BCUT2D eigenvalue weighted by Crippen LogP contribution is 2.50. The molecule has 0 saturated carbocycles. The van der Waals surface area contributed by atoms with E-state index in [0.29, 0.717) is 27.3 Å². The molecule has 2 aromatic carbocycles. The predicted molar refractivity (Wildman–Crippen MR) is 122 cm³/mol. The van der Waals surface area contributed by atoms with Gasteiger partial charge in [-0.25, -0.2) is 4.79 Å². The molecule has 0 spiro atoms. The fourth-order valence-electron chi connectivity index (χ4n) is 3.99. The molecule has 0 saturated heterocycles. The Morgan fingerprint density at radius 2 is 1.36 bits per heavy atom. The predicted octanol–water partition coefficient (Wildman–Crippen LogP) is 4.69. The maximum absolute atomic E-state index is 13.5. The van der Waals surface area contributed by atoms with Crippen LogP contribution in [-0.4, -0.2) is 44.5 Å². The molecule has 0 N–H and O–H groups in total. The number of benzene rings is 2. The summed E-state index contributed by atoms with van der Waals surface area (Å²) in [6.45, 7) is 4.76. The summed E-state index contributed by atoms with van der Waals surface area (Å²) in [5, 5.41) is 0.525. The average Bonchev–Trinajstić information content (AvgIpc) is 3.10. The third kappa shape index (κ3) is 4.46. The van der Waals surface area contributed by atoms with Crippen LogP contribution in [0.5, 0.6) is 0 Å². The topological polar surface area (TPSA) is 88.1 Å². The lowest BCUT2D eigenvalue weighted by Gasteiger charge is -2.29. The summed E-state index contributed by atoms with van der Waals surface area (Å²) in [5.74, 6) is -1.61. The van der Waals surface area contributed by atoms with Crippen LogP contribution in [0.3, 0.4) is 0 Å². The molecule has 0 heterocycles. The number of hydrogen-bond donors (Lipinski definition) is 0. The summed E-state index contributed by atoms with van der Waals surface area (Å²) in [6, 6.07) is 13.9. The van der Waals surface area contributed by atoms with Crippen molar-refractivity contribution in [3.05, 3.63) is 75.8 Å². The first-order chi connectivity index (χ1) is 15.9. The van der Waals surface area contributed by atoms with Crippen LogP contribution >= 0.6 is 11.6 Å². The minimum atomic E-state index is -1.94. The van der Waals surface area contributed by atoms with Crippen molar-refractivity contribution in [2.75, 3.05) is 26.4 Å². The summed E-state index contributed by atoms with van der Waals surface area (Å²) in [6.07, 6.45) is -0.918. The van der Waals surface area contributed by atoms with Gasteiger partial charge in [-0.15, -0.1) is 0 Å². The van der Waals surface area contributed by atoms with E-state index in [2.05, 4.69) is 0 Å². The molecule has 33 heavy (non-hydrogen) atoms. The molecule has 2 aromatic rings. The molecule has 0 radical (unpaired) electrons. The first kappa shape index (κ1) is 24.3. The number of esters is 2. The van der Waals surface area contributed by atoms with Crippen molar-refractivity contribution in [2.45, 2.75) is 26.2 Å². The Kier molecular flexibility index (Phi) is 7.76. The van der Waals surface area contributed by atoms with Crippen molar-refractivity contribution in [2.24, 2.45) is 0 Å². The van der Waals surface area contributed by atoms with E-state index < -0.39 is 23.5 Å². The molecule has 3 rings (SSSR count). The normalized spacial score (nSPS) is 13.8. The second kappa shape index (κ2) is 10.5. The van der Waals surface area contributed by atoms with E-state index in [1.165, 1.54) is 0 Å². The van der Waals surface area contributed by atoms with E-state index >= 15 is 0 Å². The van der Waals surface area contributed by atoms with Crippen molar-refractivity contribution < 1.29 is 33.3 Å². The van der Waals surface area contributed by atoms with Gasteiger partial charge in [0, 0.05) is 10.6 Å². The van der Waals surface area contributed by atoms with Crippen LogP contribution in [0.1, 0.15) is 37.5 Å². The summed E-state index contributed by atoms with van der Waals surface area (Å²) in [7, 11) is 0. The van der Waals surface area contributed by atoms with Gasteiger partial charge in [-0.3, -0.25) is 9.59 Å². The van der Waals surface area contributed by atoms with Crippen molar-refractivity contribution in [1.29, 1.82) is 0 Å². The first-order valence-corrected chi connectivity index (χ1v) is 11.0. The van der Waals surface area contributed by atoms with E-state index in [-0.39, 0.29) is 32.0 Å². The molecule has 1 aliphatic rings. The van der Waals surface area contributed by atoms with Crippen LogP contribution in [0.2, 0.25) is 5.02 Å². The Morgan fingerprint density at radius 3 is 1.94 bits per heavy atom. The molecular formula is C25H25ClO7. The van der Waals surface area contributed by atoms with Gasteiger partial charge in [0.15, 0.2) is 0 Å². The number of carbonyl (C=O) groups is 3. The average molecular weight is 473 g/mol. The number of carbonyl (C=O) groups excluding carboxylic acids is 3. The van der Waals surface area contributed by atoms with Crippen molar-refractivity contribution in [3.63, 3.8) is 0 Å². The van der Waals surface area contributed by atoms with E-state index in [0.717, 1.165) is 0 Å². The number of hydrogen-bond acceptors (Lipinski definition) is 7. The standard InChI is InChI=1S/C25H25ClO7/c1-4-30-22(27)25(23(28)31-5-2)19-10-8-7-9-18(19)21(16-11-13-17(26)14-12-16)20(25)15-33-24(29)32-6-3/h7-14H,4-6,15H2,1-3H3. The SMILES string of the molecule is CCOC(=O)OCC1=C(c2ccc(Cl)cc2)c2ccccc2C1(C(=O)OCC)C(=O)OCC. The molecule has 0 atom stereocenters. The van der Waals surface area contributed by atoms with Gasteiger partial charge in [-0.1, -0.05) is 48.0 Å². The molecule has 0 unspecified atom stereocenters. The molecule has 0 amide bonds. The van der Waals surface area contributed by atoms with Crippen molar-refractivity contribution in [3.8, 4) is 0 Å². The van der Waals surface area contributed by atoms with E-state index in [9.17, 15) is 14.4 Å². The fourth-order valence-corrected chi connectivity index (χ4v) is 4.11. The lowest BCUT2D eigenvalue weighted by atomic mass is 9.77. The summed E-state index contributed by atoms with van der Waals surface area (Å²) in [4.78, 5) is 39.1. The fraction of sp³-hybridized carbons (Fsp3) is 0.320. The quantitative estimate of drug-likeness (QED) is 0.313. The Labute approximate surface area is 197 Å². The second-order valence-corrected chi connectivity index (χ2v) is 7.51. The third-order valence-electron chi connectivity index (χ3n) is 5.25. The lowest BCUT2D eigenvalue weighted by Crippen LogP contribution is -2.47. The van der Waals surface area contributed by atoms with Gasteiger partial charge in [0.05, 0.1) is 19.8 Å². The Morgan fingerprint density at radius 1 is 0.788 bits per heavy atom. The molecule has 1 aliphatic carbocycles. The Hall–Kier alpha value is -3.32. The van der Waals surface area contributed by atoms with Crippen LogP contribution in [0.15, 0.2) is 54.1 Å². The molecule has 0 aromatic heterocycles. The molecule has 7 nitrogen and oxygen atoms in total. The van der Waals surface area contributed by atoms with Gasteiger partial charge in [0.2, 0.25) is 5.41 Å². The maximum Gasteiger partial charge on any atom is 0.508 e. The van der Waals surface area contributed by atoms with Gasteiger partial charge in [-0.2, -0.15) is 0 Å². The van der Waals surface area contributed by atoms with Gasteiger partial charge < -0.3 is 18.9 Å². The molecule has 8 heteroatoms. The molecule has 0 bridgehead atoms. The second-order valence-electron chi connectivity index (χ2n) is 7.07. The minimum absolute atomic E-state index is 0.0461. The van der Waals surface area contributed by atoms with Crippen LogP contribution in [0, 0.1) is 0 Å². The minimum Gasteiger partial charge on any atom is -0.465 e. The summed E-state index contributed by atoms with van der Waals surface area (Å²) < 4.78 is 21.0.